The molecule has 0 heterocycles. The highest BCUT2D eigenvalue weighted by atomic mass is 31.1. The van der Waals surface area contributed by atoms with Crippen LogP contribution in [0.5, 0.6) is 0 Å². The summed E-state index contributed by atoms with van der Waals surface area (Å²) in [6.45, 7) is 9.83. The fourth-order valence-corrected chi connectivity index (χ4v) is 10.4. The first-order chi connectivity index (χ1) is 21.9. The summed E-state index contributed by atoms with van der Waals surface area (Å²) >= 11 is 0. The second-order valence-electron chi connectivity index (χ2n) is 12.3. The molecule has 0 N–H and O–H groups in total. The van der Waals surface area contributed by atoms with E-state index < -0.39 is 90.1 Å². The summed E-state index contributed by atoms with van der Waals surface area (Å²) in [6, 6.07) is 8.16. The lowest BCUT2D eigenvalue weighted by Gasteiger charge is -2.27. The van der Waals surface area contributed by atoms with Crippen molar-refractivity contribution in [1.29, 1.82) is 0 Å². The van der Waals surface area contributed by atoms with Crippen molar-refractivity contribution in [2.24, 2.45) is 0 Å². The largest absolute Gasteiger partial charge is 0.207 e. The summed E-state index contributed by atoms with van der Waals surface area (Å²) in [5.41, 5.74) is 3.46. The van der Waals surface area contributed by atoms with Gasteiger partial charge in [-0.15, -0.1) is 17.0 Å². The average molecular weight is 684 g/mol. The van der Waals surface area contributed by atoms with Crippen molar-refractivity contribution in [2.75, 3.05) is 6.16 Å². The molecular formula is C35H32BF10P. The molecule has 12 heteroatoms. The van der Waals surface area contributed by atoms with Gasteiger partial charge in [0, 0.05) is 0 Å². The van der Waals surface area contributed by atoms with Crippen LogP contribution in [0.1, 0.15) is 40.3 Å². The SMILES string of the molecule is C/C(=C/C[BH-](c1c(F)c(F)c(F)c(F)c1F)c1c(F)c(F)c(F)c(F)c1F)C[PH+](c1c(C)cc(C)cc1C)c1c(C)cc(C)cc1C. The van der Waals surface area contributed by atoms with Crippen LogP contribution in [-0.4, -0.2) is 12.9 Å². The highest BCUT2D eigenvalue weighted by molar-refractivity contribution is 7.73. The maximum Gasteiger partial charge on any atom is 0.200 e. The van der Waals surface area contributed by atoms with Gasteiger partial charge in [-0.25, -0.2) is 43.9 Å². The fourth-order valence-electron chi connectivity index (χ4n) is 6.87. The van der Waals surface area contributed by atoms with Crippen molar-refractivity contribution < 1.29 is 43.9 Å². The number of aryl methyl sites for hydroxylation is 6. The molecule has 0 saturated carbocycles. The Labute approximate surface area is 268 Å². The third-order valence-electron chi connectivity index (χ3n) is 8.65. The summed E-state index contributed by atoms with van der Waals surface area (Å²) in [4.78, 5) is 0. The first-order valence-electron chi connectivity index (χ1n) is 14.8. The van der Waals surface area contributed by atoms with Gasteiger partial charge >= 0.3 is 0 Å². The molecule has 0 radical (unpaired) electrons. The van der Waals surface area contributed by atoms with E-state index in [0.717, 1.165) is 44.0 Å². The van der Waals surface area contributed by atoms with E-state index in [2.05, 4.69) is 0 Å². The molecular weight excluding hydrogens is 652 g/mol. The van der Waals surface area contributed by atoms with Gasteiger partial charge < -0.3 is 0 Å². The quantitative estimate of drug-likeness (QED) is 0.0440. The van der Waals surface area contributed by atoms with Gasteiger partial charge in [0.05, 0.1) is 20.8 Å². The van der Waals surface area contributed by atoms with E-state index in [9.17, 15) is 26.3 Å². The maximum absolute atomic E-state index is 15.1. The van der Waals surface area contributed by atoms with Gasteiger partial charge in [-0.05, 0) is 76.3 Å². The van der Waals surface area contributed by atoms with Crippen LogP contribution in [0.3, 0.4) is 0 Å². The third-order valence-corrected chi connectivity index (χ3v) is 12.3. The number of hydrogen-bond donors (Lipinski definition) is 0. The zero-order valence-electron chi connectivity index (χ0n) is 26.8. The van der Waals surface area contributed by atoms with Crippen molar-refractivity contribution >= 4 is 36.2 Å². The zero-order valence-corrected chi connectivity index (χ0v) is 27.8. The molecule has 250 valence electrons. The Morgan fingerprint density at radius 3 is 1.09 bits per heavy atom. The normalized spacial score (nSPS) is 12.2. The Kier molecular flexibility index (Phi) is 10.7. The van der Waals surface area contributed by atoms with Gasteiger partial charge in [0.1, 0.15) is 33.9 Å². The summed E-state index contributed by atoms with van der Waals surface area (Å²) < 4.78 is 145. The molecule has 0 unspecified atom stereocenters. The van der Waals surface area contributed by atoms with Gasteiger partial charge in [-0.1, -0.05) is 35.4 Å². The van der Waals surface area contributed by atoms with Crippen LogP contribution in [0, 0.1) is 99.7 Å². The highest BCUT2D eigenvalue weighted by Gasteiger charge is 2.33. The van der Waals surface area contributed by atoms with Crippen LogP contribution in [0.4, 0.5) is 43.9 Å². The van der Waals surface area contributed by atoms with Crippen molar-refractivity contribution in [2.45, 2.75) is 54.8 Å². The minimum atomic E-state index is -3.64. The first-order valence-corrected chi connectivity index (χ1v) is 16.5. The van der Waals surface area contributed by atoms with Gasteiger partial charge in [0.15, 0.2) is 34.9 Å². The molecule has 0 fully saturated rings. The van der Waals surface area contributed by atoms with Gasteiger partial charge in [0.2, 0.25) is 0 Å². The number of hydrogen-bond acceptors (Lipinski definition) is 0. The highest BCUT2D eigenvalue weighted by Crippen LogP contribution is 2.41. The van der Waals surface area contributed by atoms with E-state index in [1.165, 1.54) is 6.08 Å². The minimum Gasteiger partial charge on any atom is -0.207 e. The minimum absolute atomic E-state index is 0.348. The Hall–Kier alpha value is -3.59. The second-order valence-corrected chi connectivity index (χ2v) is 14.6. The number of benzene rings is 4. The van der Waals surface area contributed by atoms with Crippen LogP contribution in [0.25, 0.3) is 0 Å². The summed E-state index contributed by atoms with van der Waals surface area (Å²) in [7, 11) is -1.69. The molecule has 0 nitrogen and oxygen atoms in total. The number of halogens is 10. The van der Waals surface area contributed by atoms with Crippen LogP contribution < -0.4 is 21.5 Å². The molecule has 0 spiro atoms. The van der Waals surface area contributed by atoms with Crippen LogP contribution in [-0.2, 0) is 0 Å². The van der Waals surface area contributed by atoms with E-state index in [4.69, 9.17) is 0 Å². The molecule has 0 aliphatic heterocycles. The standard InChI is InChI=1S/C35H31BF10P/c1-15(14-47(34-18(4)10-16(2)11-19(34)5)35-20(6)12-17(3)13-21(35)7)8-9-36(22-24(37)28(41)32(45)29(42)25(22)38)23-26(39)30(43)33(46)31(44)27(23)40/h8,10-13,36H,9,14H2,1-7H3/q-1/p+1/b15-8-. The van der Waals surface area contributed by atoms with Crippen LogP contribution in [0.2, 0.25) is 6.32 Å². The predicted octanol–water partition coefficient (Wildman–Crippen LogP) is 8.08. The zero-order chi connectivity index (χ0) is 35.2. The Bertz CT molecular complexity index is 1700. The van der Waals surface area contributed by atoms with Crippen molar-refractivity contribution in [1.82, 2.24) is 0 Å². The monoisotopic (exact) mass is 684 g/mol. The molecule has 0 bridgehead atoms. The Balaban J connectivity index is 1.93. The molecule has 4 aromatic carbocycles. The van der Waals surface area contributed by atoms with Crippen molar-refractivity contribution in [3.8, 4) is 0 Å². The van der Waals surface area contributed by atoms with E-state index >= 15 is 17.6 Å². The summed E-state index contributed by atoms with van der Waals surface area (Å²) in [5, 5.41) is 2.18. The lowest BCUT2D eigenvalue weighted by atomic mass is 9.38. The van der Waals surface area contributed by atoms with E-state index in [0.29, 0.717) is 11.7 Å². The number of rotatable bonds is 8. The topological polar surface area (TPSA) is 0 Å². The maximum atomic E-state index is 15.1. The Morgan fingerprint density at radius 1 is 0.511 bits per heavy atom. The molecule has 4 rings (SSSR count). The molecule has 0 aliphatic rings. The van der Waals surface area contributed by atoms with E-state index in [-0.39, 0.29) is 0 Å². The lowest BCUT2D eigenvalue weighted by molar-refractivity contribution is 0.382. The van der Waals surface area contributed by atoms with Gasteiger partial charge in [-0.2, -0.15) is 6.32 Å². The first kappa shape index (κ1) is 36.3. The molecule has 4 aromatic rings. The van der Waals surface area contributed by atoms with Crippen molar-refractivity contribution in [3.63, 3.8) is 0 Å². The molecule has 0 saturated heterocycles. The smallest absolute Gasteiger partial charge is 0.200 e. The van der Waals surface area contributed by atoms with E-state index in [1.54, 1.807) is 6.92 Å². The fraction of sp³-hybridized carbons (Fsp3) is 0.257. The summed E-state index contributed by atoms with van der Waals surface area (Å²) in [6.07, 6.45) is 0.897. The molecule has 0 aromatic heterocycles. The molecule has 0 atom stereocenters. The van der Waals surface area contributed by atoms with Crippen LogP contribution >= 0.6 is 7.92 Å². The average Bonchev–Trinajstić information content (AvgIpc) is 2.98. The molecule has 0 aliphatic carbocycles. The number of allylic oxidation sites excluding steroid dienone is 2. The van der Waals surface area contributed by atoms with Gasteiger partial charge in [-0.3, -0.25) is 0 Å². The van der Waals surface area contributed by atoms with Gasteiger partial charge in [0.25, 0.3) is 0 Å². The third kappa shape index (κ3) is 6.74. The van der Waals surface area contributed by atoms with Crippen LogP contribution in [0.15, 0.2) is 35.9 Å². The molecule has 47 heavy (non-hydrogen) atoms. The van der Waals surface area contributed by atoms with E-state index in [1.807, 2.05) is 65.8 Å². The predicted molar refractivity (Wildman–Crippen MR) is 171 cm³/mol. The second kappa shape index (κ2) is 13.9. The Morgan fingerprint density at radius 2 is 0.787 bits per heavy atom. The molecule has 0 amide bonds. The lowest BCUT2D eigenvalue weighted by Crippen LogP contribution is -2.50. The summed E-state index contributed by atoms with van der Waals surface area (Å²) in [5.74, 6) is -24.3. The van der Waals surface area contributed by atoms with Crippen molar-refractivity contribution in [3.05, 3.63) is 127 Å².